The molecular formula is C25H28O2. The van der Waals surface area contributed by atoms with Gasteiger partial charge in [-0.3, -0.25) is 0 Å². The molecule has 140 valence electrons. The van der Waals surface area contributed by atoms with E-state index in [2.05, 4.69) is 51.1 Å². The molecule has 0 spiro atoms. The quantitative estimate of drug-likeness (QED) is 0.598. The molecule has 0 aliphatic carbocycles. The molecule has 2 nitrogen and oxygen atoms in total. The maximum atomic E-state index is 11.1. The molecule has 0 saturated carbocycles. The first-order valence-electron chi connectivity index (χ1n) is 9.41. The molecule has 0 fully saturated rings. The number of phenols is 1. The largest absolute Gasteiger partial charge is 0.507 e. The fourth-order valence-electron chi connectivity index (χ4n) is 3.63. The van der Waals surface area contributed by atoms with Crippen LogP contribution in [0, 0.1) is 0 Å². The van der Waals surface area contributed by atoms with Crippen LogP contribution in [0.25, 0.3) is 0 Å². The fraction of sp³-hybridized carbons (Fsp3) is 0.280. The van der Waals surface area contributed by atoms with Crippen molar-refractivity contribution in [2.45, 2.75) is 38.5 Å². The topological polar surface area (TPSA) is 29.5 Å². The summed E-state index contributed by atoms with van der Waals surface area (Å²) in [5.74, 6) is 1.32. The summed E-state index contributed by atoms with van der Waals surface area (Å²) in [7, 11) is 1.70. The van der Waals surface area contributed by atoms with E-state index in [4.69, 9.17) is 4.74 Å². The van der Waals surface area contributed by atoms with Crippen molar-refractivity contribution in [3.63, 3.8) is 0 Å². The Morgan fingerprint density at radius 1 is 0.852 bits per heavy atom. The molecule has 1 atom stereocenters. The SMILES string of the molecule is COc1ccccc1CC(c1ccccc1)c1cccc(C(C)(C)C)c1O. The molecule has 0 bridgehead atoms. The zero-order valence-corrected chi connectivity index (χ0v) is 16.6. The highest BCUT2D eigenvalue weighted by molar-refractivity contribution is 5.50. The summed E-state index contributed by atoms with van der Waals surface area (Å²) in [6.07, 6.45) is 0.759. The molecule has 0 aliphatic heterocycles. The van der Waals surface area contributed by atoms with E-state index in [0.717, 1.165) is 28.9 Å². The number of hydrogen-bond acceptors (Lipinski definition) is 2. The monoisotopic (exact) mass is 360 g/mol. The summed E-state index contributed by atoms with van der Waals surface area (Å²) >= 11 is 0. The van der Waals surface area contributed by atoms with Crippen LogP contribution in [0.4, 0.5) is 0 Å². The maximum Gasteiger partial charge on any atom is 0.123 e. The van der Waals surface area contributed by atoms with Gasteiger partial charge in [0, 0.05) is 11.5 Å². The lowest BCUT2D eigenvalue weighted by molar-refractivity contribution is 0.408. The predicted octanol–water partition coefficient (Wildman–Crippen LogP) is 6.07. The lowest BCUT2D eigenvalue weighted by atomic mass is 9.80. The van der Waals surface area contributed by atoms with Gasteiger partial charge in [0.1, 0.15) is 11.5 Å². The third kappa shape index (κ3) is 4.16. The second-order valence-corrected chi connectivity index (χ2v) is 7.97. The molecule has 1 N–H and O–H groups in total. The molecule has 27 heavy (non-hydrogen) atoms. The van der Waals surface area contributed by atoms with Crippen molar-refractivity contribution in [1.29, 1.82) is 0 Å². The molecule has 3 aromatic carbocycles. The second-order valence-electron chi connectivity index (χ2n) is 7.97. The Kier molecular flexibility index (Phi) is 5.55. The molecule has 0 aliphatic rings. The van der Waals surface area contributed by atoms with Crippen LogP contribution >= 0.6 is 0 Å². The minimum absolute atomic E-state index is 0.0461. The standard InChI is InChI=1S/C25H28O2/c1-25(2,3)22-15-10-14-20(24(22)26)21(18-11-6-5-7-12-18)17-19-13-8-9-16-23(19)27-4/h5-16,21,26H,17H2,1-4H3. The van der Waals surface area contributed by atoms with Crippen LogP contribution in [0.3, 0.4) is 0 Å². The number of rotatable bonds is 5. The van der Waals surface area contributed by atoms with E-state index in [1.807, 2.05) is 42.5 Å². The van der Waals surface area contributed by atoms with Crippen molar-refractivity contribution in [1.82, 2.24) is 0 Å². The van der Waals surface area contributed by atoms with Gasteiger partial charge in [-0.2, -0.15) is 0 Å². The highest BCUT2D eigenvalue weighted by Gasteiger charge is 2.25. The predicted molar refractivity (Wildman–Crippen MR) is 112 cm³/mol. The van der Waals surface area contributed by atoms with Crippen LogP contribution in [0.5, 0.6) is 11.5 Å². The highest BCUT2D eigenvalue weighted by Crippen LogP contribution is 2.40. The summed E-state index contributed by atoms with van der Waals surface area (Å²) in [4.78, 5) is 0. The van der Waals surface area contributed by atoms with Gasteiger partial charge in [-0.1, -0.05) is 87.5 Å². The summed E-state index contributed by atoms with van der Waals surface area (Å²) < 4.78 is 5.56. The molecule has 0 heterocycles. The molecule has 2 heteroatoms. The number of phenolic OH excluding ortho intramolecular Hbond substituents is 1. The van der Waals surface area contributed by atoms with Crippen LogP contribution in [-0.4, -0.2) is 12.2 Å². The smallest absolute Gasteiger partial charge is 0.123 e. The fourth-order valence-corrected chi connectivity index (χ4v) is 3.63. The normalized spacial score (nSPS) is 12.6. The van der Waals surface area contributed by atoms with Crippen molar-refractivity contribution in [2.24, 2.45) is 0 Å². The molecule has 0 saturated heterocycles. The second kappa shape index (κ2) is 7.87. The van der Waals surface area contributed by atoms with Gasteiger partial charge in [-0.25, -0.2) is 0 Å². The van der Waals surface area contributed by atoms with E-state index < -0.39 is 0 Å². The molecular weight excluding hydrogens is 332 g/mol. The first kappa shape index (κ1) is 19.0. The number of methoxy groups -OCH3 is 1. The van der Waals surface area contributed by atoms with Crippen molar-refractivity contribution in [3.8, 4) is 11.5 Å². The van der Waals surface area contributed by atoms with Gasteiger partial charge < -0.3 is 9.84 Å². The molecule has 1 unspecified atom stereocenters. The van der Waals surface area contributed by atoms with Gasteiger partial charge in [0.2, 0.25) is 0 Å². The van der Waals surface area contributed by atoms with E-state index in [1.165, 1.54) is 5.56 Å². The van der Waals surface area contributed by atoms with Gasteiger partial charge in [0.05, 0.1) is 7.11 Å². The summed E-state index contributed by atoms with van der Waals surface area (Å²) in [5.41, 5.74) is 4.13. The van der Waals surface area contributed by atoms with Crippen LogP contribution in [0.15, 0.2) is 72.8 Å². The lowest BCUT2D eigenvalue weighted by Gasteiger charge is -2.26. The van der Waals surface area contributed by atoms with Crippen LogP contribution in [-0.2, 0) is 11.8 Å². The first-order valence-corrected chi connectivity index (χ1v) is 9.41. The van der Waals surface area contributed by atoms with Crippen molar-refractivity contribution < 1.29 is 9.84 Å². The molecule has 3 aromatic rings. The molecule has 0 amide bonds. The van der Waals surface area contributed by atoms with E-state index in [1.54, 1.807) is 7.11 Å². The van der Waals surface area contributed by atoms with Gasteiger partial charge in [0.15, 0.2) is 0 Å². The van der Waals surface area contributed by atoms with Gasteiger partial charge in [-0.15, -0.1) is 0 Å². The van der Waals surface area contributed by atoms with Crippen LogP contribution < -0.4 is 4.74 Å². The minimum Gasteiger partial charge on any atom is -0.507 e. The van der Waals surface area contributed by atoms with Gasteiger partial charge >= 0.3 is 0 Å². The highest BCUT2D eigenvalue weighted by atomic mass is 16.5. The number of aromatic hydroxyl groups is 1. The molecule has 0 aromatic heterocycles. The van der Waals surface area contributed by atoms with Gasteiger partial charge in [0.25, 0.3) is 0 Å². The number of benzene rings is 3. The van der Waals surface area contributed by atoms with Crippen molar-refractivity contribution in [3.05, 3.63) is 95.1 Å². The van der Waals surface area contributed by atoms with E-state index in [0.29, 0.717) is 5.75 Å². The van der Waals surface area contributed by atoms with E-state index >= 15 is 0 Å². The Bertz CT molecular complexity index is 892. The summed E-state index contributed by atoms with van der Waals surface area (Å²) in [5, 5.41) is 11.1. The minimum atomic E-state index is -0.119. The van der Waals surface area contributed by atoms with E-state index in [-0.39, 0.29) is 11.3 Å². The Morgan fingerprint density at radius 2 is 1.52 bits per heavy atom. The number of hydrogen-bond donors (Lipinski definition) is 1. The Balaban J connectivity index is 2.12. The van der Waals surface area contributed by atoms with Gasteiger partial charge in [-0.05, 0) is 34.6 Å². The molecule has 0 radical (unpaired) electrons. The Morgan fingerprint density at radius 3 is 2.19 bits per heavy atom. The number of para-hydroxylation sites is 2. The average molecular weight is 360 g/mol. The Labute approximate surface area is 162 Å². The van der Waals surface area contributed by atoms with Crippen LogP contribution in [0.1, 0.15) is 48.9 Å². The third-order valence-corrected chi connectivity index (χ3v) is 5.07. The van der Waals surface area contributed by atoms with E-state index in [9.17, 15) is 5.11 Å². The number of ether oxygens (including phenoxy) is 1. The van der Waals surface area contributed by atoms with Crippen molar-refractivity contribution >= 4 is 0 Å². The van der Waals surface area contributed by atoms with Crippen LogP contribution in [0.2, 0.25) is 0 Å². The Hall–Kier alpha value is -2.74. The zero-order valence-electron chi connectivity index (χ0n) is 16.6. The molecule has 3 rings (SSSR count). The third-order valence-electron chi connectivity index (χ3n) is 5.07. The van der Waals surface area contributed by atoms with Crippen molar-refractivity contribution in [2.75, 3.05) is 7.11 Å². The first-order chi connectivity index (χ1) is 12.9. The maximum absolute atomic E-state index is 11.1. The zero-order chi connectivity index (χ0) is 19.4. The lowest BCUT2D eigenvalue weighted by Crippen LogP contribution is -2.14. The summed E-state index contributed by atoms with van der Waals surface area (Å²) in [6, 6.07) is 24.6. The summed E-state index contributed by atoms with van der Waals surface area (Å²) in [6.45, 7) is 6.39. The average Bonchev–Trinajstić information content (AvgIpc) is 2.66.